The van der Waals surface area contributed by atoms with E-state index >= 15 is 0 Å². The molecule has 0 aliphatic carbocycles. The maximum Gasteiger partial charge on any atom is 0.420 e. The fourth-order valence-corrected chi connectivity index (χ4v) is 2.74. The molecule has 24 heavy (non-hydrogen) atoms. The Morgan fingerprint density at radius 1 is 1.12 bits per heavy atom. The maximum atomic E-state index is 12.7. The summed E-state index contributed by atoms with van der Waals surface area (Å²) < 4.78 is 38.1. The quantitative estimate of drug-likeness (QED) is 0.716. The number of aliphatic hydroxyl groups is 1. The minimum absolute atomic E-state index is 0.191. The minimum atomic E-state index is -4.82. The van der Waals surface area contributed by atoms with E-state index in [1.165, 1.54) is 6.20 Å². The summed E-state index contributed by atoms with van der Waals surface area (Å²) in [4.78, 5) is 7.80. The molecule has 0 saturated carbocycles. The summed E-state index contributed by atoms with van der Waals surface area (Å²) in [5.41, 5.74) is 1.19. The lowest BCUT2D eigenvalue weighted by Crippen LogP contribution is -2.22. The van der Waals surface area contributed by atoms with Crippen LogP contribution in [0.2, 0.25) is 5.02 Å². The number of pyridine rings is 2. The van der Waals surface area contributed by atoms with Gasteiger partial charge >= 0.3 is 6.18 Å². The molecular weight excluding hydrogens is 341 g/mol. The van der Waals surface area contributed by atoms with E-state index in [9.17, 15) is 18.3 Å². The number of nitrogens with zero attached hydrogens (tertiary/aromatic N) is 2. The maximum absolute atomic E-state index is 12.7. The molecule has 1 atom stereocenters. The van der Waals surface area contributed by atoms with Crippen LogP contribution in [0.5, 0.6) is 0 Å². The summed E-state index contributed by atoms with van der Waals surface area (Å²) in [6.45, 7) is 1.60. The van der Waals surface area contributed by atoms with Crippen LogP contribution in [0.3, 0.4) is 0 Å². The molecule has 0 unspecified atom stereocenters. The Labute approximate surface area is 140 Å². The highest BCUT2D eigenvalue weighted by Gasteiger charge is 2.41. The van der Waals surface area contributed by atoms with Crippen molar-refractivity contribution >= 4 is 22.4 Å². The molecule has 0 radical (unpaired) electrons. The molecule has 1 aromatic carbocycles. The third-order valence-electron chi connectivity index (χ3n) is 3.81. The van der Waals surface area contributed by atoms with Crippen molar-refractivity contribution in [3.05, 3.63) is 59.1 Å². The molecule has 3 nitrogen and oxygen atoms in total. The van der Waals surface area contributed by atoms with Crippen LogP contribution in [0.1, 0.15) is 17.4 Å². The second-order valence-electron chi connectivity index (χ2n) is 5.38. The smallest absolute Gasteiger partial charge is 0.378 e. The van der Waals surface area contributed by atoms with Gasteiger partial charge in [0.25, 0.3) is 0 Å². The number of halogens is 4. The van der Waals surface area contributed by atoms with Crippen LogP contribution in [-0.2, 0) is 0 Å². The zero-order valence-electron chi connectivity index (χ0n) is 12.5. The summed E-state index contributed by atoms with van der Waals surface area (Å²) in [5.74, 6) is 0. The monoisotopic (exact) mass is 352 g/mol. The minimum Gasteiger partial charge on any atom is -0.378 e. The third-order valence-corrected chi connectivity index (χ3v) is 4.29. The molecule has 0 saturated heterocycles. The largest absolute Gasteiger partial charge is 0.420 e. The van der Waals surface area contributed by atoms with Crippen molar-refractivity contribution in [3.63, 3.8) is 0 Å². The SMILES string of the molecule is Cc1c(-c2ccc3ccncc3c2)cnc([C@H](O)C(F)(F)F)c1Cl. The summed E-state index contributed by atoms with van der Waals surface area (Å²) in [5, 5.41) is 11.1. The van der Waals surface area contributed by atoms with Crippen LogP contribution in [0.25, 0.3) is 21.9 Å². The van der Waals surface area contributed by atoms with Gasteiger partial charge in [-0.05, 0) is 35.6 Å². The van der Waals surface area contributed by atoms with Crippen molar-refractivity contribution in [2.24, 2.45) is 0 Å². The molecule has 3 aromatic rings. The number of rotatable bonds is 2. The summed E-state index contributed by atoms with van der Waals surface area (Å²) in [6.07, 6.45) is -2.86. The first kappa shape index (κ1) is 16.7. The van der Waals surface area contributed by atoms with Crippen molar-refractivity contribution in [2.45, 2.75) is 19.2 Å². The van der Waals surface area contributed by atoms with Crippen LogP contribution in [0.15, 0.2) is 42.9 Å². The number of aliphatic hydroxyl groups excluding tert-OH is 1. The predicted octanol–water partition coefficient (Wildman–Crippen LogP) is 4.85. The first-order valence-electron chi connectivity index (χ1n) is 7.03. The predicted molar refractivity (Wildman–Crippen MR) is 85.7 cm³/mol. The average Bonchev–Trinajstić information content (AvgIpc) is 2.55. The van der Waals surface area contributed by atoms with E-state index in [0.29, 0.717) is 11.1 Å². The summed E-state index contributed by atoms with van der Waals surface area (Å²) in [6, 6.07) is 7.45. The van der Waals surface area contributed by atoms with Crippen molar-refractivity contribution in [2.75, 3.05) is 0 Å². The number of hydrogen-bond donors (Lipinski definition) is 1. The molecular formula is C17H12ClF3N2O. The van der Waals surface area contributed by atoms with Gasteiger partial charge in [-0.3, -0.25) is 9.97 Å². The summed E-state index contributed by atoms with van der Waals surface area (Å²) in [7, 11) is 0. The zero-order valence-corrected chi connectivity index (χ0v) is 13.2. The Balaban J connectivity index is 2.10. The molecule has 0 aliphatic heterocycles. The Kier molecular flexibility index (Phi) is 4.19. The highest BCUT2D eigenvalue weighted by Crippen LogP contribution is 2.38. The lowest BCUT2D eigenvalue weighted by Gasteiger charge is -2.17. The number of hydrogen-bond acceptors (Lipinski definition) is 3. The van der Waals surface area contributed by atoms with E-state index in [0.717, 1.165) is 16.3 Å². The summed E-state index contributed by atoms with van der Waals surface area (Å²) >= 11 is 6.03. The molecule has 2 aromatic heterocycles. The second-order valence-corrected chi connectivity index (χ2v) is 5.76. The highest BCUT2D eigenvalue weighted by atomic mass is 35.5. The van der Waals surface area contributed by atoms with Gasteiger partial charge in [0.05, 0.1) is 10.7 Å². The van der Waals surface area contributed by atoms with Crippen LogP contribution >= 0.6 is 11.6 Å². The van der Waals surface area contributed by atoms with E-state index in [4.69, 9.17) is 11.6 Å². The fraction of sp³-hybridized carbons (Fsp3) is 0.176. The van der Waals surface area contributed by atoms with E-state index in [2.05, 4.69) is 9.97 Å². The van der Waals surface area contributed by atoms with E-state index in [1.807, 2.05) is 24.3 Å². The number of alkyl halides is 3. The molecule has 0 amide bonds. The first-order valence-corrected chi connectivity index (χ1v) is 7.41. The van der Waals surface area contributed by atoms with Gasteiger partial charge in [-0.25, -0.2) is 0 Å². The topological polar surface area (TPSA) is 46.0 Å². The number of benzene rings is 1. The highest BCUT2D eigenvalue weighted by molar-refractivity contribution is 6.32. The number of aromatic nitrogens is 2. The van der Waals surface area contributed by atoms with Crippen molar-refractivity contribution in [1.82, 2.24) is 9.97 Å². The van der Waals surface area contributed by atoms with Crippen LogP contribution in [0, 0.1) is 6.92 Å². The lowest BCUT2D eigenvalue weighted by atomic mass is 9.99. The Morgan fingerprint density at radius 2 is 1.88 bits per heavy atom. The lowest BCUT2D eigenvalue weighted by molar-refractivity contribution is -0.207. The second kappa shape index (κ2) is 6.03. The molecule has 7 heteroatoms. The fourth-order valence-electron chi connectivity index (χ4n) is 2.49. The third kappa shape index (κ3) is 2.95. The van der Waals surface area contributed by atoms with E-state index in [-0.39, 0.29) is 5.02 Å². The van der Waals surface area contributed by atoms with E-state index < -0.39 is 18.0 Å². The molecule has 0 fully saturated rings. The van der Waals surface area contributed by atoms with Crippen molar-refractivity contribution in [3.8, 4) is 11.1 Å². The Bertz CT molecular complexity index is 912. The van der Waals surface area contributed by atoms with Gasteiger partial charge in [-0.1, -0.05) is 23.7 Å². The Hall–Kier alpha value is -2.18. The standard InChI is InChI=1S/C17H12ClF3N2O/c1-9-13(8-23-15(14(9)18)16(24)17(19,20)21)11-3-2-10-4-5-22-7-12(10)6-11/h2-8,16,24H,1H3/t16-/m0/s1. The molecule has 0 spiro atoms. The zero-order chi connectivity index (χ0) is 17.5. The van der Waals surface area contributed by atoms with Crippen molar-refractivity contribution in [1.29, 1.82) is 0 Å². The van der Waals surface area contributed by atoms with Crippen LogP contribution < -0.4 is 0 Å². The molecule has 0 aliphatic rings. The van der Waals surface area contributed by atoms with Gasteiger partial charge < -0.3 is 5.11 Å². The molecule has 2 heterocycles. The van der Waals surface area contributed by atoms with Crippen molar-refractivity contribution < 1.29 is 18.3 Å². The van der Waals surface area contributed by atoms with Gasteiger partial charge in [0.2, 0.25) is 0 Å². The molecule has 124 valence electrons. The van der Waals surface area contributed by atoms with Gasteiger partial charge in [0, 0.05) is 29.5 Å². The van der Waals surface area contributed by atoms with E-state index in [1.54, 1.807) is 19.3 Å². The average molecular weight is 353 g/mol. The molecule has 3 rings (SSSR count). The number of fused-ring (bicyclic) bond motifs is 1. The van der Waals surface area contributed by atoms with Gasteiger partial charge in [0.1, 0.15) is 0 Å². The van der Waals surface area contributed by atoms with Gasteiger partial charge in [0.15, 0.2) is 6.10 Å². The van der Waals surface area contributed by atoms with Gasteiger partial charge in [-0.2, -0.15) is 13.2 Å². The van der Waals surface area contributed by atoms with Gasteiger partial charge in [-0.15, -0.1) is 0 Å². The van der Waals surface area contributed by atoms with Crippen LogP contribution in [-0.4, -0.2) is 21.3 Å². The first-order chi connectivity index (χ1) is 11.3. The molecule has 0 bridgehead atoms. The normalized spacial score (nSPS) is 13.2. The van der Waals surface area contributed by atoms with Crippen LogP contribution in [0.4, 0.5) is 13.2 Å². The molecule has 1 N–H and O–H groups in total. The Morgan fingerprint density at radius 3 is 2.58 bits per heavy atom.